The molecule has 1 aromatic heterocycles. The van der Waals surface area contributed by atoms with Crippen molar-refractivity contribution in [3.8, 4) is 0 Å². The van der Waals surface area contributed by atoms with E-state index in [0.717, 1.165) is 80.5 Å². The molecule has 3 aromatic carbocycles. The minimum absolute atomic E-state index is 0.0982. The Hall–Kier alpha value is -5.76. The number of carbonyl (C=O) groups is 3. The molecule has 62 heavy (non-hydrogen) atoms. The van der Waals surface area contributed by atoms with Crippen molar-refractivity contribution in [3.63, 3.8) is 0 Å². The highest BCUT2D eigenvalue weighted by Crippen LogP contribution is 2.60. The summed E-state index contributed by atoms with van der Waals surface area (Å²) >= 11 is 0. The molecule has 0 unspecified atom stereocenters. The first kappa shape index (κ1) is 42.9. The van der Waals surface area contributed by atoms with Crippen LogP contribution in [0.15, 0.2) is 145 Å². The second kappa shape index (κ2) is 18.7. The topological polar surface area (TPSA) is 108 Å². The molecule has 4 aliphatic carbocycles. The molecule has 1 heterocycles. The van der Waals surface area contributed by atoms with Gasteiger partial charge >= 0.3 is 17.9 Å². The van der Waals surface area contributed by atoms with E-state index in [1.165, 1.54) is 5.57 Å². The average molecular weight is 833 g/mol. The SMILES string of the molecule is C=C1C(=CC=C2CCC[C@]3(C)[C@@H]([C@H](C)C=C[C@H](OC(=O)c4ccccc4)C4(c5ncc(CCC)[nH]5)CC4)CC[C@@H]23)C[C@@H](OC(=O)c2ccccc2)C[C@@H]1OC(=O)c1ccccc1. The molecule has 8 heteroatoms. The predicted molar refractivity (Wildman–Crippen MR) is 241 cm³/mol. The number of imidazole rings is 1. The van der Waals surface area contributed by atoms with Gasteiger partial charge in [-0.05, 0) is 128 Å². The average Bonchev–Trinajstić information content (AvgIpc) is 3.82. The molecule has 8 rings (SSSR count). The first-order chi connectivity index (χ1) is 30.1. The van der Waals surface area contributed by atoms with Crippen LogP contribution in [-0.2, 0) is 26.0 Å². The van der Waals surface area contributed by atoms with E-state index in [2.05, 4.69) is 56.6 Å². The van der Waals surface area contributed by atoms with Gasteiger partial charge in [-0.3, -0.25) is 0 Å². The van der Waals surface area contributed by atoms with E-state index in [-0.39, 0.29) is 22.7 Å². The number of rotatable bonds is 14. The van der Waals surface area contributed by atoms with Crippen LogP contribution in [0.5, 0.6) is 0 Å². The summed E-state index contributed by atoms with van der Waals surface area (Å²) in [5.74, 6) is 0.914. The predicted octanol–water partition coefficient (Wildman–Crippen LogP) is 11.7. The van der Waals surface area contributed by atoms with Gasteiger partial charge < -0.3 is 19.2 Å². The quantitative estimate of drug-likeness (QED) is 0.0766. The van der Waals surface area contributed by atoms with Gasteiger partial charge in [0.05, 0.1) is 22.1 Å². The maximum atomic E-state index is 13.5. The Labute approximate surface area is 366 Å². The molecule has 0 aliphatic heterocycles. The number of fused-ring (bicyclic) bond motifs is 1. The standard InChI is InChI=1S/C54H60N2O6/c1-5-16-43-35-55-52(56-43)54(31-32-54)48(62-51(59)41-21-13-8-14-22-41)29-24-36(2)45-27-28-46-38(23-15-30-53(45,46)4)25-26-42-33-44(60-49(57)39-17-9-6-10-18-39)34-47(37(42)3)61-50(58)40-19-11-7-12-20-40/h6-14,17-22,24-26,29,35-36,44-48H,3,5,15-16,23,27-28,30-34H2,1-2,4H3,(H,55,56)/t36-,44-,45-,46+,47+,48+,53-/m1/s1. The Bertz CT molecular complexity index is 2320. The van der Waals surface area contributed by atoms with Crippen molar-refractivity contribution in [2.45, 2.75) is 115 Å². The van der Waals surface area contributed by atoms with Gasteiger partial charge in [0.1, 0.15) is 24.1 Å². The second-order valence-corrected chi connectivity index (χ2v) is 18.2. The van der Waals surface area contributed by atoms with E-state index in [1.54, 1.807) is 24.3 Å². The molecular formula is C54H60N2O6. The fourth-order valence-corrected chi connectivity index (χ4v) is 10.7. The van der Waals surface area contributed by atoms with Gasteiger partial charge in [-0.2, -0.15) is 0 Å². The summed E-state index contributed by atoms with van der Waals surface area (Å²) in [6, 6.07) is 27.2. The molecule has 1 N–H and O–H groups in total. The summed E-state index contributed by atoms with van der Waals surface area (Å²) in [5.41, 5.74) is 5.47. The zero-order chi connectivity index (χ0) is 43.3. The van der Waals surface area contributed by atoms with Crippen LogP contribution in [0.3, 0.4) is 0 Å². The van der Waals surface area contributed by atoms with Crippen LogP contribution < -0.4 is 0 Å². The normalized spacial score (nSPS) is 26.5. The molecule has 322 valence electrons. The minimum atomic E-state index is -0.633. The van der Waals surface area contributed by atoms with Gasteiger partial charge in [0.15, 0.2) is 0 Å². The van der Waals surface area contributed by atoms with Crippen molar-refractivity contribution in [1.29, 1.82) is 0 Å². The second-order valence-electron chi connectivity index (χ2n) is 18.2. The summed E-state index contributed by atoms with van der Waals surface area (Å²) in [7, 11) is 0. The smallest absolute Gasteiger partial charge is 0.338 e. The Morgan fingerprint density at radius 2 is 1.47 bits per heavy atom. The molecule has 4 fully saturated rings. The zero-order valence-electron chi connectivity index (χ0n) is 36.4. The van der Waals surface area contributed by atoms with Crippen molar-refractivity contribution < 1.29 is 28.6 Å². The number of aryl methyl sites for hydroxylation is 1. The number of allylic oxidation sites excluding steroid dienone is 4. The molecule has 0 saturated heterocycles. The van der Waals surface area contributed by atoms with Crippen molar-refractivity contribution in [2.75, 3.05) is 0 Å². The summed E-state index contributed by atoms with van der Waals surface area (Å²) in [6.45, 7) is 11.4. The van der Waals surface area contributed by atoms with Gasteiger partial charge in [-0.25, -0.2) is 19.4 Å². The highest BCUT2D eigenvalue weighted by atomic mass is 16.6. The van der Waals surface area contributed by atoms with E-state index >= 15 is 0 Å². The first-order valence-corrected chi connectivity index (χ1v) is 22.7. The van der Waals surface area contributed by atoms with Crippen LogP contribution in [0.4, 0.5) is 0 Å². The third-order valence-electron chi connectivity index (χ3n) is 14.2. The molecule has 8 nitrogen and oxygen atoms in total. The number of nitrogens with zero attached hydrogens (tertiary/aromatic N) is 1. The number of ether oxygens (including phenoxy) is 3. The largest absolute Gasteiger partial charge is 0.458 e. The van der Waals surface area contributed by atoms with E-state index in [0.29, 0.717) is 41.4 Å². The molecular weight excluding hydrogens is 773 g/mol. The number of H-pyrrole nitrogens is 1. The third-order valence-corrected chi connectivity index (χ3v) is 14.2. The number of carbonyl (C=O) groups excluding carboxylic acids is 3. The number of hydrogen-bond acceptors (Lipinski definition) is 7. The summed E-state index contributed by atoms with van der Waals surface area (Å²) < 4.78 is 18.5. The Morgan fingerprint density at radius 1 is 0.839 bits per heavy atom. The van der Waals surface area contributed by atoms with Gasteiger partial charge in [-0.15, -0.1) is 0 Å². The van der Waals surface area contributed by atoms with Crippen LogP contribution in [0.25, 0.3) is 0 Å². The Morgan fingerprint density at radius 3 is 2.10 bits per heavy atom. The molecule has 0 radical (unpaired) electrons. The lowest BCUT2D eigenvalue weighted by Gasteiger charge is -2.44. The fraction of sp³-hybridized carbons (Fsp3) is 0.407. The van der Waals surface area contributed by atoms with Gasteiger partial charge in [0.2, 0.25) is 0 Å². The number of aromatic nitrogens is 2. The molecule has 0 amide bonds. The molecule has 0 bridgehead atoms. The molecule has 7 atom stereocenters. The lowest BCUT2D eigenvalue weighted by molar-refractivity contribution is 0.00212. The zero-order valence-corrected chi connectivity index (χ0v) is 36.4. The maximum Gasteiger partial charge on any atom is 0.338 e. The number of aromatic amines is 1. The van der Waals surface area contributed by atoms with Gasteiger partial charge in [0, 0.05) is 24.7 Å². The van der Waals surface area contributed by atoms with Crippen LogP contribution in [0.1, 0.15) is 128 Å². The third kappa shape index (κ3) is 9.20. The first-order valence-electron chi connectivity index (χ1n) is 22.7. The lowest BCUT2D eigenvalue weighted by atomic mass is 9.61. The van der Waals surface area contributed by atoms with Crippen molar-refractivity contribution in [2.24, 2.45) is 23.2 Å². The highest BCUT2D eigenvalue weighted by Gasteiger charge is 2.55. The Balaban J connectivity index is 1.01. The van der Waals surface area contributed by atoms with E-state index in [1.807, 2.05) is 72.9 Å². The molecule has 4 saturated carbocycles. The number of nitrogens with one attached hydrogen (secondary N) is 1. The van der Waals surface area contributed by atoms with Crippen molar-refractivity contribution in [1.82, 2.24) is 9.97 Å². The number of esters is 3. The fourth-order valence-electron chi connectivity index (χ4n) is 10.7. The van der Waals surface area contributed by atoms with E-state index in [9.17, 15) is 14.4 Å². The molecule has 0 spiro atoms. The molecule has 4 aromatic rings. The highest BCUT2D eigenvalue weighted by molar-refractivity contribution is 5.90. The van der Waals surface area contributed by atoms with Crippen LogP contribution >= 0.6 is 0 Å². The van der Waals surface area contributed by atoms with Crippen LogP contribution in [-0.4, -0.2) is 46.2 Å². The molecule has 4 aliphatic rings. The summed E-state index contributed by atoms with van der Waals surface area (Å²) in [5, 5.41) is 0. The van der Waals surface area contributed by atoms with Crippen LogP contribution in [0.2, 0.25) is 0 Å². The number of benzene rings is 3. The van der Waals surface area contributed by atoms with E-state index in [4.69, 9.17) is 19.2 Å². The van der Waals surface area contributed by atoms with Gasteiger partial charge in [-0.1, -0.05) is 112 Å². The van der Waals surface area contributed by atoms with Crippen LogP contribution in [0, 0.1) is 23.2 Å². The number of hydrogen-bond donors (Lipinski definition) is 1. The summed E-state index contributed by atoms with van der Waals surface area (Å²) in [6.07, 6.45) is 19.4. The summed E-state index contributed by atoms with van der Waals surface area (Å²) in [4.78, 5) is 48.4. The maximum absolute atomic E-state index is 13.5. The van der Waals surface area contributed by atoms with Gasteiger partial charge in [0.25, 0.3) is 0 Å². The monoisotopic (exact) mass is 832 g/mol. The minimum Gasteiger partial charge on any atom is -0.458 e. The lowest BCUT2D eigenvalue weighted by Crippen LogP contribution is -2.36. The van der Waals surface area contributed by atoms with E-state index < -0.39 is 30.3 Å². The van der Waals surface area contributed by atoms with Crippen molar-refractivity contribution in [3.05, 3.63) is 173 Å². The Kier molecular flexibility index (Phi) is 12.9. The van der Waals surface area contributed by atoms with Crippen molar-refractivity contribution >= 4 is 17.9 Å².